The second-order valence-corrected chi connectivity index (χ2v) is 5.52. The predicted octanol–water partition coefficient (Wildman–Crippen LogP) is 3.10. The van der Waals surface area contributed by atoms with Crippen molar-refractivity contribution in [2.45, 2.75) is 25.8 Å². The summed E-state index contributed by atoms with van der Waals surface area (Å²) >= 11 is 1.80. The van der Waals surface area contributed by atoms with Crippen molar-refractivity contribution in [3.63, 3.8) is 0 Å². The summed E-state index contributed by atoms with van der Waals surface area (Å²) in [5, 5.41) is 0. The first-order valence-electron chi connectivity index (χ1n) is 6.61. The molecule has 1 heterocycles. The number of aromatic amines is 1. The highest BCUT2D eigenvalue weighted by atomic mass is 32.2. The van der Waals surface area contributed by atoms with Crippen molar-refractivity contribution < 1.29 is 4.74 Å². The Hall–Kier alpha value is -1.20. The molecule has 0 bridgehead atoms. The first-order valence-corrected chi connectivity index (χ1v) is 8.01. The van der Waals surface area contributed by atoms with Gasteiger partial charge in [0.2, 0.25) is 0 Å². The van der Waals surface area contributed by atoms with Crippen LogP contribution in [0, 0.1) is 0 Å². The van der Waals surface area contributed by atoms with Crippen molar-refractivity contribution in [2.75, 3.05) is 18.6 Å². The molecule has 19 heavy (non-hydrogen) atoms. The second kappa shape index (κ2) is 6.82. The average molecular weight is 279 g/mol. The molecule has 1 aromatic carbocycles. The number of fused-ring (bicyclic) bond motifs is 1. The van der Waals surface area contributed by atoms with Crippen LogP contribution in [0.5, 0.6) is 5.75 Å². The zero-order valence-electron chi connectivity index (χ0n) is 11.5. The highest BCUT2D eigenvalue weighted by Gasteiger charge is 2.11. The Morgan fingerprint density at radius 1 is 1.47 bits per heavy atom. The third-order valence-electron chi connectivity index (χ3n) is 2.93. The normalized spacial score (nSPS) is 12.8. The van der Waals surface area contributed by atoms with Crippen LogP contribution in [0.15, 0.2) is 18.2 Å². The zero-order valence-corrected chi connectivity index (χ0v) is 12.3. The average Bonchev–Trinajstić information content (AvgIpc) is 2.85. The molecule has 5 heteroatoms. The predicted molar refractivity (Wildman–Crippen MR) is 81.8 cm³/mol. The van der Waals surface area contributed by atoms with Crippen molar-refractivity contribution in [3.8, 4) is 5.75 Å². The van der Waals surface area contributed by atoms with E-state index in [4.69, 9.17) is 10.5 Å². The number of nitrogens with two attached hydrogens (primary N) is 1. The van der Waals surface area contributed by atoms with Crippen LogP contribution in [-0.4, -0.2) is 28.6 Å². The van der Waals surface area contributed by atoms with Gasteiger partial charge < -0.3 is 15.5 Å². The van der Waals surface area contributed by atoms with Crippen molar-refractivity contribution in [2.24, 2.45) is 5.73 Å². The summed E-state index contributed by atoms with van der Waals surface area (Å²) in [7, 11) is 0. The number of aromatic nitrogens is 2. The van der Waals surface area contributed by atoms with Gasteiger partial charge in [-0.15, -0.1) is 0 Å². The molecule has 0 aliphatic rings. The molecule has 0 aliphatic carbocycles. The van der Waals surface area contributed by atoms with Crippen molar-refractivity contribution in [1.29, 1.82) is 0 Å². The Balaban J connectivity index is 2.15. The Morgan fingerprint density at radius 3 is 3.05 bits per heavy atom. The number of thioether (sulfide) groups is 1. The van der Waals surface area contributed by atoms with Crippen LogP contribution in [0.1, 0.15) is 31.6 Å². The lowest BCUT2D eigenvalue weighted by atomic mass is 10.2. The Bertz CT molecular complexity index is 526. The van der Waals surface area contributed by atoms with E-state index in [1.165, 1.54) is 0 Å². The van der Waals surface area contributed by atoms with Gasteiger partial charge in [-0.1, -0.05) is 6.92 Å². The lowest BCUT2D eigenvalue weighted by Crippen LogP contribution is -2.12. The molecule has 1 aromatic heterocycles. The number of benzene rings is 1. The molecular formula is C14H21N3OS. The number of hydrogen-bond donors (Lipinski definition) is 2. The highest BCUT2D eigenvalue weighted by Crippen LogP contribution is 2.22. The standard InChI is InChI=1S/C14H21N3OS/c1-3-7-18-10-4-5-12-13(9-10)17-14(16-12)11(15)6-8-19-2/h4-5,9,11H,3,6-8,15H2,1-2H3,(H,16,17). The first kappa shape index (κ1) is 14.2. The number of imidazole rings is 1. The molecule has 2 rings (SSSR count). The fourth-order valence-corrected chi connectivity index (χ4v) is 2.36. The quantitative estimate of drug-likeness (QED) is 0.817. The minimum Gasteiger partial charge on any atom is -0.494 e. The number of ether oxygens (including phenoxy) is 1. The van der Waals surface area contributed by atoms with Crippen LogP contribution in [0.3, 0.4) is 0 Å². The van der Waals surface area contributed by atoms with E-state index in [2.05, 4.69) is 23.1 Å². The van der Waals surface area contributed by atoms with E-state index in [0.717, 1.165) is 47.8 Å². The molecule has 104 valence electrons. The summed E-state index contributed by atoms with van der Waals surface area (Å²) in [6.07, 6.45) is 4.02. The van der Waals surface area contributed by atoms with E-state index in [1.807, 2.05) is 18.2 Å². The monoisotopic (exact) mass is 279 g/mol. The van der Waals surface area contributed by atoms with Gasteiger partial charge in [-0.2, -0.15) is 11.8 Å². The fourth-order valence-electron chi connectivity index (χ4n) is 1.88. The molecule has 0 radical (unpaired) electrons. The molecule has 0 spiro atoms. The number of nitrogens with one attached hydrogen (secondary N) is 1. The van der Waals surface area contributed by atoms with Gasteiger partial charge in [0.1, 0.15) is 11.6 Å². The van der Waals surface area contributed by atoms with Gasteiger partial charge in [0.05, 0.1) is 23.7 Å². The Morgan fingerprint density at radius 2 is 2.32 bits per heavy atom. The molecular weight excluding hydrogens is 258 g/mol. The molecule has 3 N–H and O–H groups in total. The first-order chi connectivity index (χ1) is 9.24. The van der Waals surface area contributed by atoms with E-state index in [0.29, 0.717) is 0 Å². The third-order valence-corrected chi connectivity index (χ3v) is 3.57. The van der Waals surface area contributed by atoms with E-state index in [9.17, 15) is 0 Å². The number of H-pyrrole nitrogens is 1. The molecule has 0 saturated carbocycles. The number of hydrogen-bond acceptors (Lipinski definition) is 4. The largest absolute Gasteiger partial charge is 0.494 e. The van der Waals surface area contributed by atoms with Crippen LogP contribution in [0.2, 0.25) is 0 Å². The summed E-state index contributed by atoms with van der Waals surface area (Å²) in [6, 6.07) is 5.89. The van der Waals surface area contributed by atoms with Crippen LogP contribution >= 0.6 is 11.8 Å². The van der Waals surface area contributed by atoms with Gasteiger partial charge in [-0.05, 0) is 37.0 Å². The van der Waals surface area contributed by atoms with Gasteiger partial charge in [0, 0.05) is 6.07 Å². The number of nitrogens with zero attached hydrogens (tertiary/aromatic N) is 1. The minimum atomic E-state index is -0.0279. The van der Waals surface area contributed by atoms with Crippen molar-refractivity contribution >= 4 is 22.8 Å². The molecule has 1 unspecified atom stereocenters. The van der Waals surface area contributed by atoms with Crippen LogP contribution in [0.25, 0.3) is 11.0 Å². The van der Waals surface area contributed by atoms with Crippen LogP contribution in [-0.2, 0) is 0 Å². The minimum absolute atomic E-state index is 0.0279. The summed E-state index contributed by atoms with van der Waals surface area (Å²) in [6.45, 7) is 2.83. The summed E-state index contributed by atoms with van der Waals surface area (Å²) in [5.74, 6) is 2.78. The number of rotatable bonds is 7. The van der Waals surface area contributed by atoms with Crippen molar-refractivity contribution in [3.05, 3.63) is 24.0 Å². The topological polar surface area (TPSA) is 63.9 Å². The maximum Gasteiger partial charge on any atom is 0.124 e. The fraction of sp³-hybridized carbons (Fsp3) is 0.500. The lowest BCUT2D eigenvalue weighted by Gasteiger charge is -2.06. The van der Waals surface area contributed by atoms with E-state index >= 15 is 0 Å². The van der Waals surface area contributed by atoms with Gasteiger partial charge in [-0.25, -0.2) is 4.98 Å². The SMILES string of the molecule is CCCOc1ccc2nc(C(N)CCSC)[nH]c2c1. The smallest absolute Gasteiger partial charge is 0.124 e. The molecule has 2 aromatic rings. The molecule has 0 amide bonds. The van der Waals surface area contributed by atoms with E-state index < -0.39 is 0 Å². The zero-order chi connectivity index (χ0) is 13.7. The summed E-state index contributed by atoms with van der Waals surface area (Å²) in [4.78, 5) is 7.84. The van der Waals surface area contributed by atoms with Crippen molar-refractivity contribution in [1.82, 2.24) is 9.97 Å². The highest BCUT2D eigenvalue weighted by molar-refractivity contribution is 7.98. The van der Waals surface area contributed by atoms with E-state index in [-0.39, 0.29) is 6.04 Å². The second-order valence-electron chi connectivity index (χ2n) is 4.54. The van der Waals surface area contributed by atoms with Gasteiger partial charge in [-0.3, -0.25) is 0 Å². The Kier molecular flexibility index (Phi) is 5.10. The molecule has 1 atom stereocenters. The lowest BCUT2D eigenvalue weighted by molar-refractivity contribution is 0.318. The van der Waals surface area contributed by atoms with Crippen LogP contribution < -0.4 is 10.5 Å². The molecule has 4 nitrogen and oxygen atoms in total. The van der Waals surface area contributed by atoms with Crippen LogP contribution in [0.4, 0.5) is 0 Å². The maximum absolute atomic E-state index is 6.12. The maximum atomic E-state index is 6.12. The van der Waals surface area contributed by atoms with Gasteiger partial charge >= 0.3 is 0 Å². The summed E-state index contributed by atoms with van der Waals surface area (Å²) < 4.78 is 5.62. The Labute approximate surface area is 118 Å². The molecule has 0 aliphatic heterocycles. The molecule has 0 saturated heterocycles. The van der Waals surface area contributed by atoms with Gasteiger partial charge in [0.15, 0.2) is 0 Å². The van der Waals surface area contributed by atoms with E-state index in [1.54, 1.807) is 11.8 Å². The van der Waals surface area contributed by atoms with Gasteiger partial charge in [0.25, 0.3) is 0 Å². The third kappa shape index (κ3) is 3.64. The summed E-state index contributed by atoms with van der Waals surface area (Å²) in [5.41, 5.74) is 8.06. The molecule has 0 fully saturated rings.